The van der Waals surface area contributed by atoms with Crippen LogP contribution < -0.4 is 5.73 Å². The third kappa shape index (κ3) is 1.29. The molecule has 86 valence electrons. The van der Waals surface area contributed by atoms with E-state index in [-0.39, 0.29) is 11.3 Å². The van der Waals surface area contributed by atoms with Gasteiger partial charge in [0.15, 0.2) is 0 Å². The van der Waals surface area contributed by atoms with Crippen LogP contribution in [0.2, 0.25) is 0 Å². The quantitative estimate of drug-likeness (QED) is 0.812. The molecule has 0 aromatic heterocycles. The Bertz CT molecular complexity index is 462. The minimum absolute atomic E-state index is 0.00114. The molecule has 1 saturated carbocycles. The second-order valence-electron chi connectivity index (χ2n) is 5.65. The highest BCUT2D eigenvalue weighted by molar-refractivity contribution is 5.92. The number of benzene rings is 1. The van der Waals surface area contributed by atoms with E-state index in [0.717, 1.165) is 12.0 Å². The number of primary amides is 1. The lowest BCUT2D eigenvalue weighted by atomic mass is 9.84. The van der Waals surface area contributed by atoms with E-state index in [9.17, 15) is 4.79 Å². The van der Waals surface area contributed by atoms with E-state index < -0.39 is 5.41 Å². The van der Waals surface area contributed by atoms with E-state index in [1.165, 1.54) is 11.1 Å². The number of amides is 1. The molecule has 1 aliphatic carbocycles. The molecule has 1 amide bonds. The summed E-state index contributed by atoms with van der Waals surface area (Å²) in [6.07, 6.45) is 0.860. The highest BCUT2D eigenvalue weighted by Crippen LogP contribution is 2.64. The van der Waals surface area contributed by atoms with Gasteiger partial charge in [-0.3, -0.25) is 4.79 Å². The molecule has 1 unspecified atom stereocenters. The summed E-state index contributed by atoms with van der Waals surface area (Å²) >= 11 is 0. The first-order valence-corrected chi connectivity index (χ1v) is 5.69. The number of nitrogens with two attached hydrogens (primary N) is 1. The molecule has 1 aromatic carbocycles. The lowest BCUT2D eigenvalue weighted by Gasteiger charge is -2.20. The van der Waals surface area contributed by atoms with Crippen LogP contribution in [0.5, 0.6) is 0 Å². The predicted octanol–water partition coefficient (Wildman–Crippen LogP) is 2.46. The van der Waals surface area contributed by atoms with E-state index >= 15 is 0 Å². The van der Waals surface area contributed by atoms with Gasteiger partial charge in [0.05, 0.1) is 5.41 Å². The number of hydrogen-bond donors (Lipinski definition) is 1. The molecule has 0 bridgehead atoms. The zero-order chi connectivity index (χ0) is 12.1. The van der Waals surface area contributed by atoms with Crippen molar-refractivity contribution in [3.05, 3.63) is 34.9 Å². The third-order valence-corrected chi connectivity index (χ3v) is 4.00. The van der Waals surface area contributed by atoms with Crippen LogP contribution in [0.25, 0.3) is 0 Å². The zero-order valence-electron chi connectivity index (χ0n) is 10.4. The summed E-state index contributed by atoms with van der Waals surface area (Å²) in [5.74, 6) is -0.190. The first-order chi connectivity index (χ1) is 7.31. The largest absolute Gasteiger partial charge is 0.369 e. The van der Waals surface area contributed by atoms with E-state index in [2.05, 4.69) is 45.9 Å². The van der Waals surface area contributed by atoms with Crippen LogP contribution in [0, 0.1) is 19.3 Å². The van der Waals surface area contributed by atoms with Crippen molar-refractivity contribution in [2.75, 3.05) is 0 Å². The first-order valence-electron chi connectivity index (χ1n) is 5.69. The van der Waals surface area contributed by atoms with Gasteiger partial charge >= 0.3 is 0 Å². The van der Waals surface area contributed by atoms with Gasteiger partial charge in [0.2, 0.25) is 5.91 Å². The Morgan fingerprint density at radius 1 is 1.31 bits per heavy atom. The van der Waals surface area contributed by atoms with Crippen LogP contribution in [-0.4, -0.2) is 5.91 Å². The molecule has 0 radical (unpaired) electrons. The molecule has 2 heteroatoms. The van der Waals surface area contributed by atoms with Gasteiger partial charge in [-0.05, 0) is 36.8 Å². The minimum atomic E-state index is -0.440. The standard InChI is InChI=1S/C14H19NO/c1-9-5-6-11(10(2)7-9)14(12(15)16)8-13(14,3)4/h5-7H,8H2,1-4H3,(H2,15,16). The molecule has 0 saturated heterocycles. The van der Waals surface area contributed by atoms with Crippen molar-refractivity contribution >= 4 is 5.91 Å². The normalized spacial score (nSPS) is 26.5. The van der Waals surface area contributed by atoms with E-state index in [1.807, 2.05) is 0 Å². The van der Waals surface area contributed by atoms with Crippen LogP contribution >= 0.6 is 0 Å². The van der Waals surface area contributed by atoms with Gasteiger partial charge in [0, 0.05) is 0 Å². The molecule has 1 aliphatic rings. The molecule has 0 heterocycles. The Morgan fingerprint density at radius 2 is 1.88 bits per heavy atom. The molecule has 2 rings (SSSR count). The highest BCUT2D eigenvalue weighted by Gasteiger charge is 2.66. The third-order valence-electron chi connectivity index (χ3n) is 4.00. The Morgan fingerprint density at radius 3 is 2.25 bits per heavy atom. The molecule has 1 atom stereocenters. The van der Waals surface area contributed by atoms with Gasteiger partial charge < -0.3 is 5.73 Å². The molecule has 16 heavy (non-hydrogen) atoms. The van der Waals surface area contributed by atoms with Crippen LogP contribution in [0.15, 0.2) is 18.2 Å². The Balaban J connectivity index is 2.56. The molecule has 0 spiro atoms. The lowest BCUT2D eigenvalue weighted by Crippen LogP contribution is -2.33. The summed E-state index contributed by atoms with van der Waals surface area (Å²) in [4.78, 5) is 11.8. The van der Waals surface area contributed by atoms with Gasteiger partial charge in [-0.15, -0.1) is 0 Å². The number of rotatable bonds is 2. The monoisotopic (exact) mass is 217 g/mol. The second-order valence-corrected chi connectivity index (χ2v) is 5.65. The Labute approximate surface area is 96.8 Å². The first kappa shape index (κ1) is 11.2. The van der Waals surface area contributed by atoms with Crippen molar-refractivity contribution < 1.29 is 4.79 Å². The number of aryl methyl sites for hydroxylation is 2. The lowest BCUT2D eigenvalue weighted by molar-refractivity contribution is -0.121. The summed E-state index contributed by atoms with van der Waals surface area (Å²) in [6.45, 7) is 8.33. The van der Waals surface area contributed by atoms with Gasteiger partial charge in [-0.25, -0.2) is 0 Å². The fourth-order valence-electron chi connectivity index (χ4n) is 2.92. The van der Waals surface area contributed by atoms with E-state index in [0.29, 0.717) is 0 Å². The Kier molecular flexibility index (Phi) is 2.16. The molecular formula is C14H19NO. The van der Waals surface area contributed by atoms with Crippen molar-refractivity contribution in [3.63, 3.8) is 0 Å². The average molecular weight is 217 g/mol. The van der Waals surface area contributed by atoms with Gasteiger partial charge in [0.1, 0.15) is 0 Å². The average Bonchev–Trinajstić information content (AvgIpc) is 2.70. The summed E-state index contributed by atoms with van der Waals surface area (Å²) in [5, 5.41) is 0. The fourth-order valence-corrected chi connectivity index (χ4v) is 2.92. The highest BCUT2D eigenvalue weighted by atomic mass is 16.1. The SMILES string of the molecule is Cc1ccc(C2(C(N)=O)CC2(C)C)c(C)c1. The zero-order valence-corrected chi connectivity index (χ0v) is 10.4. The van der Waals surface area contributed by atoms with Gasteiger partial charge in [-0.2, -0.15) is 0 Å². The van der Waals surface area contributed by atoms with Crippen molar-refractivity contribution in [2.24, 2.45) is 11.1 Å². The summed E-state index contributed by atoms with van der Waals surface area (Å²) in [5.41, 5.74) is 8.67. The predicted molar refractivity (Wildman–Crippen MR) is 65.2 cm³/mol. The molecule has 1 fully saturated rings. The van der Waals surface area contributed by atoms with Crippen molar-refractivity contribution in [1.82, 2.24) is 0 Å². The van der Waals surface area contributed by atoms with Crippen molar-refractivity contribution in [2.45, 2.75) is 39.5 Å². The summed E-state index contributed by atoms with van der Waals surface area (Å²) in [7, 11) is 0. The maximum atomic E-state index is 11.8. The van der Waals surface area contributed by atoms with Crippen molar-refractivity contribution in [3.8, 4) is 0 Å². The smallest absolute Gasteiger partial charge is 0.228 e. The van der Waals surface area contributed by atoms with Crippen LogP contribution in [-0.2, 0) is 10.2 Å². The summed E-state index contributed by atoms with van der Waals surface area (Å²) < 4.78 is 0. The molecule has 2 N–H and O–H groups in total. The molecular weight excluding hydrogens is 198 g/mol. The van der Waals surface area contributed by atoms with Gasteiger partial charge in [0.25, 0.3) is 0 Å². The van der Waals surface area contributed by atoms with E-state index in [4.69, 9.17) is 5.73 Å². The number of hydrogen-bond acceptors (Lipinski definition) is 1. The van der Waals surface area contributed by atoms with Crippen molar-refractivity contribution in [1.29, 1.82) is 0 Å². The minimum Gasteiger partial charge on any atom is -0.369 e. The summed E-state index contributed by atoms with van der Waals surface area (Å²) in [6, 6.07) is 6.24. The van der Waals surface area contributed by atoms with E-state index in [1.54, 1.807) is 0 Å². The van der Waals surface area contributed by atoms with Gasteiger partial charge in [-0.1, -0.05) is 37.6 Å². The molecule has 0 aliphatic heterocycles. The van der Waals surface area contributed by atoms with Crippen LogP contribution in [0.3, 0.4) is 0 Å². The number of carbonyl (C=O) groups excluding carboxylic acids is 1. The molecule has 2 nitrogen and oxygen atoms in total. The second kappa shape index (κ2) is 3.09. The molecule has 1 aromatic rings. The fraction of sp³-hybridized carbons (Fsp3) is 0.500. The maximum absolute atomic E-state index is 11.8. The van der Waals surface area contributed by atoms with Crippen LogP contribution in [0.1, 0.15) is 37.0 Å². The Hall–Kier alpha value is -1.31. The maximum Gasteiger partial charge on any atom is 0.228 e. The van der Waals surface area contributed by atoms with Crippen LogP contribution in [0.4, 0.5) is 0 Å². The number of carbonyl (C=O) groups is 1. The topological polar surface area (TPSA) is 43.1 Å².